The molecule has 0 bridgehead atoms. The Morgan fingerprint density at radius 1 is 0.490 bits per heavy atom. The Labute approximate surface area is 295 Å². The lowest BCUT2D eigenvalue weighted by Crippen LogP contribution is -3.05. The minimum atomic E-state index is -0.0990. The summed E-state index contributed by atoms with van der Waals surface area (Å²) in [6, 6.07) is 62.2. The second-order valence-electron chi connectivity index (χ2n) is 13.2. The van der Waals surface area contributed by atoms with Crippen molar-refractivity contribution in [2.45, 2.75) is 6.17 Å². The van der Waals surface area contributed by atoms with Crippen LogP contribution in [0, 0.1) is 0 Å². The smallest absolute Gasteiger partial charge is 0.344 e. The van der Waals surface area contributed by atoms with Gasteiger partial charge >= 0.3 is 11.7 Å². The fourth-order valence-corrected chi connectivity index (χ4v) is 7.60. The third kappa shape index (κ3) is 5.13. The Hall–Kier alpha value is -6.62. The Balaban J connectivity index is 1.19. The van der Waals surface area contributed by atoms with Gasteiger partial charge in [-0.1, -0.05) is 133 Å². The Kier molecular flexibility index (Phi) is 6.93. The van der Waals surface area contributed by atoms with Crippen molar-refractivity contribution in [2.24, 2.45) is 4.99 Å². The van der Waals surface area contributed by atoms with E-state index in [1.54, 1.807) is 0 Å². The Morgan fingerprint density at radius 2 is 1.10 bits per heavy atom. The molecule has 0 saturated carbocycles. The van der Waals surface area contributed by atoms with Gasteiger partial charge in [0.25, 0.3) is 6.17 Å². The van der Waals surface area contributed by atoms with Crippen molar-refractivity contribution in [2.75, 3.05) is 0 Å². The molecule has 1 aromatic heterocycles. The number of quaternary nitrogens is 1. The minimum Gasteiger partial charge on any atom is -0.455 e. The van der Waals surface area contributed by atoms with Gasteiger partial charge in [0.1, 0.15) is 11.2 Å². The average molecular weight is 656 g/mol. The maximum atomic E-state index is 6.88. The molecule has 0 spiro atoms. The second-order valence-corrected chi connectivity index (χ2v) is 13.2. The molecule has 0 fully saturated rings. The molecule has 0 radical (unpaired) electrons. The summed E-state index contributed by atoms with van der Waals surface area (Å²) >= 11 is 0. The summed E-state index contributed by atoms with van der Waals surface area (Å²) < 4.78 is 6.88. The predicted octanol–water partition coefficient (Wildman–Crippen LogP) is 8.78. The first-order chi connectivity index (χ1) is 25.3. The van der Waals surface area contributed by atoms with E-state index in [1.807, 2.05) is 6.07 Å². The van der Waals surface area contributed by atoms with E-state index in [0.29, 0.717) is 0 Å². The summed E-state index contributed by atoms with van der Waals surface area (Å²) in [5.74, 6) is 1.76. The summed E-state index contributed by atoms with van der Waals surface area (Å²) in [4.78, 5) is 9.14. The van der Waals surface area contributed by atoms with Gasteiger partial charge in [-0.05, 0) is 80.7 Å². The molecule has 0 aliphatic carbocycles. The molecule has 3 N–H and O–H groups in total. The number of furan rings is 1. The van der Waals surface area contributed by atoms with Crippen LogP contribution in [0.3, 0.4) is 0 Å². The zero-order chi connectivity index (χ0) is 33.7. The van der Waals surface area contributed by atoms with Crippen molar-refractivity contribution in [3.63, 3.8) is 0 Å². The number of rotatable bonds is 5. The van der Waals surface area contributed by atoms with E-state index in [2.05, 4.69) is 180 Å². The number of hydrogen-bond acceptors (Lipinski definition) is 2. The Bertz CT molecular complexity index is 2810. The van der Waals surface area contributed by atoms with Crippen molar-refractivity contribution in [1.82, 2.24) is 0 Å². The van der Waals surface area contributed by atoms with Crippen LogP contribution in [0.25, 0.3) is 65.7 Å². The topological polar surface area (TPSA) is 56.1 Å². The highest BCUT2D eigenvalue weighted by molar-refractivity contribution is 6.22. The minimum absolute atomic E-state index is 0.0990. The number of amidine groups is 2. The number of nitrogens with two attached hydrogens (primary N) is 1. The quantitative estimate of drug-likeness (QED) is 0.191. The molecule has 0 amide bonds. The normalized spacial score (nSPS) is 14.6. The molecule has 1 aliphatic rings. The van der Waals surface area contributed by atoms with Gasteiger partial charge < -0.3 is 4.42 Å². The van der Waals surface area contributed by atoms with Gasteiger partial charge in [0, 0.05) is 21.3 Å². The summed E-state index contributed by atoms with van der Waals surface area (Å²) in [5, 5.41) is 9.20. The first-order valence-electron chi connectivity index (χ1n) is 17.4. The molecular formula is C47H33N3O+2. The van der Waals surface area contributed by atoms with Gasteiger partial charge in [-0.2, -0.15) is 0 Å². The van der Waals surface area contributed by atoms with Crippen LogP contribution in [0.2, 0.25) is 0 Å². The van der Waals surface area contributed by atoms with Crippen molar-refractivity contribution < 1.29 is 14.7 Å². The fraction of sp³-hybridized carbons (Fsp3) is 0.0213. The van der Waals surface area contributed by atoms with Gasteiger partial charge in [-0.15, -0.1) is 0 Å². The third-order valence-corrected chi connectivity index (χ3v) is 10.1. The van der Waals surface area contributed by atoms with E-state index in [-0.39, 0.29) is 6.17 Å². The molecular weight excluding hydrogens is 623 g/mol. The van der Waals surface area contributed by atoms with Crippen molar-refractivity contribution in [1.29, 1.82) is 0 Å². The summed E-state index contributed by atoms with van der Waals surface area (Å²) in [5.41, 5.74) is 9.58. The van der Waals surface area contributed by atoms with Crippen molar-refractivity contribution in [3.05, 3.63) is 193 Å². The molecule has 240 valence electrons. The zero-order valence-electron chi connectivity index (χ0n) is 27.8. The number of aliphatic imine (C=N–C) groups is 1. The standard InChI is InChI=1S/C47H31N3O/c1-3-12-30(13-4-1)31-22-24-33(25-23-31)38-26-27-40(43-41-28-35-17-7-8-18-36(35)29-42(41)51-44(38)43)47-49-45(34-15-5-2-6-16-34)48-46(50-47)39-21-11-19-32-14-9-10-20-37(32)39/h1-29,46H,(H,48,49,50)/p+2. The predicted molar refractivity (Wildman–Crippen MR) is 209 cm³/mol. The van der Waals surface area contributed by atoms with E-state index in [1.165, 1.54) is 32.8 Å². The first-order valence-corrected chi connectivity index (χ1v) is 17.4. The number of nitrogens with one attached hydrogen (secondary N) is 1. The molecule has 51 heavy (non-hydrogen) atoms. The second kappa shape index (κ2) is 12.1. The van der Waals surface area contributed by atoms with Gasteiger partial charge in [-0.3, -0.25) is 0 Å². The number of fused-ring (bicyclic) bond motifs is 5. The highest BCUT2D eigenvalue weighted by Gasteiger charge is 2.35. The maximum absolute atomic E-state index is 6.88. The lowest BCUT2D eigenvalue weighted by atomic mass is 9.95. The van der Waals surface area contributed by atoms with Crippen LogP contribution < -0.4 is 10.3 Å². The molecule has 10 rings (SSSR count). The van der Waals surface area contributed by atoms with Crippen LogP contribution in [-0.4, -0.2) is 11.7 Å². The highest BCUT2D eigenvalue weighted by atomic mass is 16.3. The first kappa shape index (κ1) is 29.3. The summed E-state index contributed by atoms with van der Waals surface area (Å²) in [7, 11) is 0. The Morgan fingerprint density at radius 3 is 1.88 bits per heavy atom. The van der Waals surface area contributed by atoms with E-state index in [9.17, 15) is 0 Å². The third-order valence-electron chi connectivity index (χ3n) is 10.1. The molecule has 0 saturated heterocycles. The van der Waals surface area contributed by atoms with E-state index >= 15 is 0 Å². The summed E-state index contributed by atoms with van der Waals surface area (Å²) in [6.45, 7) is 0. The van der Waals surface area contributed by atoms with Crippen LogP contribution in [0.15, 0.2) is 185 Å². The lowest BCUT2D eigenvalue weighted by molar-refractivity contribution is -0.789. The van der Waals surface area contributed by atoms with Gasteiger partial charge in [0.05, 0.1) is 16.7 Å². The number of hydrogen-bond donors (Lipinski definition) is 2. The van der Waals surface area contributed by atoms with E-state index in [0.717, 1.165) is 61.2 Å². The van der Waals surface area contributed by atoms with Crippen molar-refractivity contribution >= 4 is 55.2 Å². The summed E-state index contributed by atoms with van der Waals surface area (Å²) in [6.07, 6.45) is -0.0990. The molecule has 2 heterocycles. The molecule has 1 aliphatic heterocycles. The molecule has 9 aromatic rings. The fourth-order valence-electron chi connectivity index (χ4n) is 7.60. The van der Waals surface area contributed by atoms with Gasteiger partial charge in [0.15, 0.2) is 0 Å². The molecule has 1 unspecified atom stereocenters. The van der Waals surface area contributed by atoms with E-state index < -0.39 is 0 Å². The van der Waals surface area contributed by atoms with Crippen LogP contribution in [-0.2, 0) is 0 Å². The molecule has 4 heteroatoms. The van der Waals surface area contributed by atoms with E-state index in [4.69, 9.17) is 9.41 Å². The van der Waals surface area contributed by atoms with Crippen LogP contribution in [0.1, 0.15) is 22.9 Å². The maximum Gasteiger partial charge on any atom is 0.344 e. The largest absolute Gasteiger partial charge is 0.455 e. The molecule has 4 nitrogen and oxygen atoms in total. The van der Waals surface area contributed by atoms with Crippen LogP contribution in [0.5, 0.6) is 0 Å². The SMILES string of the molecule is c1ccc(C2=[NH+]C(c3cccc4ccccc34)[NH2+]C(c3ccc(-c4ccc(-c5ccccc5)cc4)c4oc5cc6ccccc6cc5c34)=N2)cc1. The van der Waals surface area contributed by atoms with Crippen LogP contribution >= 0.6 is 0 Å². The van der Waals surface area contributed by atoms with Crippen LogP contribution in [0.4, 0.5) is 0 Å². The van der Waals surface area contributed by atoms with Crippen molar-refractivity contribution in [3.8, 4) is 22.3 Å². The van der Waals surface area contributed by atoms with Gasteiger partial charge in [0.2, 0.25) is 0 Å². The average Bonchev–Trinajstić information content (AvgIpc) is 3.58. The lowest BCUT2D eigenvalue weighted by Gasteiger charge is -2.16. The monoisotopic (exact) mass is 655 g/mol. The molecule has 8 aromatic carbocycles. The van der Waals surface area contributed by atoms with Gasteiger partial charge in [-0.25, -0.2) is 10.3 Å². The number of nitrogens with zero attached hydrogens (tertiary/aromatic N) is 1. The number of benzene rings is 8. The highest BCUT2D eigenvalue weighted by Crippen LogP contribution is 2.40. The zero-order valence-corrected chi connectivity index (χ0v) is 27.8. The molecule has 1 atom stereocenters.